The van der Waals surface area contributed by atoms with Crippen LogP contribution in [0.15, 0.2) is 89.8 Å². The van der Waals surface area contributed by atoms with Crippen LogP contribution in [0.2, 0.25) is 0 Å². The smallest absolute Gasteiger partial charge is 0.269 e. The number of nitro benzene ring substituents is 1. The van der Waals surface area contributed by atoms with Crippen molar-refractivity contribution in [2.45, 2.75) is 23.3 Å². The van der Waals surface area contributed by atoms with Gasteiger partial charge < -0.3 is 0 Å². The highest BCUT2D eigenvalue weighted by Gasteiger charge is 2.47. The summed E-state index contributed by atoms with van der Waals surface area (Å²) in [6.07, 6.45) is 0.0514. The number of benzene rings is 3. The Morgan fingerprint density at radius 2 is 1.37 bits per heavy atom. The van der Waals surface area contributed by atoms with Crippen LogP contribution in [0.1, 0.15) is 29.5 Å². The molecular formula is C22H18N2O5S. The molecule has 1 aliphatic heterocycles. The number of sulfonamides is 1. The van der Waals surface area contributed by atoms with Gasteiger partial charge in [0, 0.05) is 24.5 Å². The Bertz CT molecular complexity index is 1180. The molecule has 1 amide bonds. The Labute approximate surface area is 173 Å². The van der Waals surface area contributed by atoms with E-state index in [0.29, 0.717) is 5.56 Å². The first kappa shape index (κ1) is 19.8. The highest BCUT2D eigenvalue weighted by atomic mass is 32.2. The Morgan fingerprint density at radius 1 is 0.833 bits per heavy atom. The van der Waals surface area contributed by atoms with Crippen molar-refractivity contribution in [3.8, 4) is 0 Å². The van der Waals surface area contributed by atoms with Crippen molar-refractivity contribution in [2.75, 3.05) is 0 Å². The van der Waals surface area contributed by atoms with Crippen molar-refractivity contribution in [2.24, 2.45) is 0 Å². The predicted octanol–water partition coefficient (Wildman–Crippen LogP) is 4.04. The maximum Gasteiger partial charge on any atom is 0.269 e. The van der Waals surface area contributed by atoms with Crippen LogP contribution in [0.5, 0.6) is 0 Å². The summed E-state index contributed by atoms with van der Waals surface area (Å²) in [5.74, 6) is -0.843. The molecule has 0 aromatic heterocycles. The minimum Gasteiger partial charge on any atom is -0.274 e. The Hall–Kier alpha value is -3.52. The summed E-state index contributed by atoms with van der Waals surface area (Å²) < 4.78 is 27.8. The zero-order chi connectivity index (χ0) is 21.3. The first-order valence-corrected chi connectivity index (χ1v) is 10.7. The van der Waals surface area contributed by atoms with Gasteiger partial charge in [-0.3, -0.25) is 14.9 Å². The molecule has 0 saturated carbocycles. The van der Waals surface area contributed by atoms with Crippen molar-refractivity contribution in [1.29, 1.82) is 0 Å². The molecule has 7 nitrogen and oxygen atoms in total. The van der Waals surface area contributed by atoms with Gasteiger partial charge in [0.15, 0.2) is 0 Å². The largest absolute Gasteiger partial charge is 0.274 e. The van der Waals surface area contributed by atoms with Gasteiger partial charge in [-0.15, -0.1) is 0 Å². The number of nitrogens with zero attached hydrogens (tertiary/aromatic N) is 2. The molecule has 1 aliphatic rings. The van der Waals surface area contributed by atoms with Crippen LogP contribution in [0.3, 0.4) is 0 Å². The molecule has 4 rings (SSSR count). The van der Waals surface area contributed by atoms with Crippen LogP contribution in [0.25, 0.3) is 0 Å². The maximum absolute atomic E-state index is 13.4. The third-order valence-corrected chi connectivity index (χ3v) is 7.06. The molecule has 1 heterocycles. The molecule has 8 heteroatoms. The first-order valence-electron chi connectivity index (χ1n) is 9.31. The van der Waals surface area contributed by atoms with Crippen molar-refractivity contribution in [3.63, 3.8) is 0 Å². The molecule has 0 spiro atoms. The fraction of sp³-hybridized carbons (Fsp3) is 0.136. The average Bonchev–Trinajstić information content (AvgIpc) is 3.13. The Balaban J connectivity index is 1.82. The number of hydrogen-bond acceptors (Lipinski definition) is 5. The zero-order valence-corrected chi connectivity index (χ0v) is 16.6. The van der Waals surface area contributed by atoms with Crippen molar-refractivity contribution in [1.82, 2.24) is 4.31 Å². The van der Waals surface area contributed by atoms with Gasteiger partial charge in [0.2, 0.25) is 5.91 Å². The molecule has 152 valence electrons. The van der Waals surface area contributed by atoms with Gasteiger partial charge in [0.1, 0.15) is 0 Å². The van der Waals surface area contributed by atoms with Gasteiger partial charge in [-0.05, 0) is 23.3 Å². The lowest BCUT2D eigenvalue weighted by atomic mass is 9.88. The molecule has 0 aliphatic carbocycles. The fourth-order valence-electron chi connectivity index (χ4n) is 3.86. The van der Waals surface area contributed by atoms with Crippen molar-refractivity contribution < 1.29 is 18.1 Å². The third kappa shape index (κ3) is 3.46. The van der Waals surface area contributed by atoms with Crippen LogP contribution < -0.4 is 0 Å². The lowest BCUT2D eigenvalue weighted by Gasteiger charge is -2.28. The monoisotopic (exact) mass is 422 g/mol. The molecule has 3 aromatic rings. The highest BCUT2D eigenvalue weighted by molar-refractivity contribution is 7.89. The topological polar surface area (TPSA) is 97.6 Å². The van der Waals surface area contributed by atoms with Gasteiger partial charge >= 0.3 is 0 Å². The van der Waals surface area contributed by atoms with E-state index in [-0.39, 0.29) is 22.9 Å². The molecular weight excluding hydrogens is 404 g/mol. The van der Waals surface area contributed by atoms with Crippen molar-refractivity contribution >= 4 is 21.6 Å². The number of carbonyl (C=O) groups is 1. The normalized spacial score (nSPS) is 19.1. The molecule has 1 fully saturated rings. The van der Waals surface area contributed by atoms with Crippen LogP contribution in [-0.4, -0.2) is 23.6 Å². The molecule has 0 N–H and O–H groups in total. The quantitative estimate of drug-likeness (QED) is 0.457. The van der Waals surface area contributed by atoms with E-state index >= 15 is 0 Å². The van der Waals surface area contributed by atoms with Crippen LogP contribution in [-0.2, 0) is 14.8 Å². The van der Waals surface area contributed by atoms with E-state index in [2.05, 4.69) is 0 Å². The minimum absolute atomic E-state index is 0.0514. The molecule has 3 aromatic carbocycles. The standard InChI is InChI=1S/C22H18N2O5S/c25-21-15-20(16-7-3-1-4-8-16)22(17-9-5-2-6-10-17)23(21)30(28,29)19-13-11-18(12-14-19)24(26)27/h1-14,20,22H,15H2/t20-,22+/m0/s1. The van der Waals surface area contributed by atoms with Gasteiger partial charge in [0.05, 0.1) is 15.9 Å². The second-order valence-electron chi connectivity index (χ2n) is 7.02. The summed E-state index contributed by atoms with van der Waals surface area (Å²) >= 11 is 0. The van der Waals surface area contributed by atoms with E-state index in [1.165, 1.54) is 12.1 Å². The summed E-state index contributed by atoms with van der Waals surface area (Å²) in [4.78, 5) is 23.1. The number of nitro groups is 1. The summed E-state index contributed by atoms with van der Waals surface area (Å²) in [6.45, 7) is 0. The minimum atomic E-state index is -4.21. The molecule has 0 radical (unpaired) electrons. The molecule has 0 bridgehead atoms. The van der Waals surface area contributed by atoms with E-state index in [0.717, 1.165) is 22.0 Å². The summed E-state index contributed by atoms with van der Waals surface area (Å²) in [6, 6.07) is 22.3. The fourth-order valence-corrected chi connectivity index (χ4v) is 5.48. The SMILES string of the molecule is O=C1C[C@@H](c2ccccc2)[C@@H](c2ccccc2)N1S(=O)(=O)c1ccc([N+](=O)[O-])cc1. The van der Waals surface area contributed by atoms with E-state index in [9.17, 15) is 23.3 Å². The van der Waals surface area contributed by atoms with Gasteiger partial charge in [0.25, 0.3) is 15.7 Å². The lowest BCUT2D eigenvalue weighted by Crippen LogP contribution is -2.35. The lowest BCUT2D eigenvalue weighted by molar-refractivity contribution is -0.384. The number of carbonyl (C=O) groups excluding carboxylic acids is 1. The predicted molar refractivity (Wildman–Crippen MR) is 110 cm³/mol. The number of rotatable bonds is 5. The number of non-ortho nitro benzene ring substituents is 1. The van der Waals surface area contributed by atoms with Gasteiger partial charge in [-0.2, -0.15) is 0 Å². The summed E-state index contributed by atoms with van der Waals surface area (Å²) in [7, 11) is -4.21. The zero-order valence-electron chi connectivity index (χ0n) is 15.8. The maximum atomic E-state index is 13.4. The first-order chi connectivity index (χ1) is 14.4. The van der Waals surface area contributed by atoms with Crippen LogP contribution in [0.4, 0.5) is 5.69 Å². The van der Waals surface area contributed by atoms with E-state index in [4.69, 9.17) is 0 Å². The van der Waals surface area contributed by atoms with Crippen LogP contribution in [0, 0.1) is 10.1 Å². The van der Waals surface area contributed by atoms with Gasteiger partial charge in [-0.1, -0.05) is 60.7 Å². The molecule has 2 atom stereocenters. The molecule has 0 unspecified atom stereocenters. The summed E-state index contributed by atoms with van der Waals surface area (Å²) in [5.41, 5.74) is 1.37. The van der Waals surface area contributed by atoms with E-state index in [1.807, 2.05) is 36.4 Å². The third-order valence-electron chi connectivity index (χ3n) is 5.25. The number of amides is 1. The van der Waals surface area contributed by atoms with Crippen LogP contribution >= 0.6 is 0 Å². The summed E-state index contributed by atoms with van der Waals surface area (Å²) in [5, 5.41) is 10.9. The Kier molecular flexibility index (Phi) is 5.09. The number of hydrogen-bond donors (Lipinski definition) is 0. The molecule has 1 saturated heterocycles. The average molecular weight is 422 g/mol. The van der Waals surface area contributed by atoms with E-state index < -0.39 is 26.9 Å². The van der Waals surface area contributed by atoms with Crippen molar-refractivity contribution in [3.05, 3.63) is 106 Å². The second kappa shape index (κ2) is 7.72. The second-order valence-corrected chi connectivity index (χ2v) is 8.84. The molecule has 30 heavy (non-hydrogen) atoms. The van der Waals surface area contributed by atoms with Gasteiger partial charge in [-0.25, -0.2) is 12.7 Å². The highest BCUT2D eigenvalue weighted by Crippen LogP contribution is 2.47. The van der Waals surface area contributed by atoms with E-state index in [1.54, 1.807) is 24.3 Å². The Morgan fingerprint density at radius 3 is 1.90 bits per heavy atom.